The molecular weight excluding hydrogens is 348 g/mol. The number of carbonyl (C=O) groups excluding carboxylic acids is 2. The molecule has 1 aromatic carbocycles. The summed E-state index contributed by atoms with van der Waals surface area (Å²) in [5.41, 5.74) is -0.686. The molecule has 136 valence electrons. The molecule has 1 saturated carbocycles. The van der Waals surface area contributed by atoms with Crippen molar-refractivity contribution >= 4 is 29.2 Å². The van der Waals surface area contributed by atoms with Crippen LogP contribution in [0.4, 0.5) is 5.69 Å². The van der Waals surface area contributed by atoms with Crippen LogP contribution in [0.1, 0.15) is 43.5 Å². The van der Waals surface area contributed by atoms with Crippen molar-refractivity contribution in [3.05, 3.63) is 38.9 Å². The van der Waals surface area contributed by atoms with Crippen molar-refractivity contribution in [3.63, 3.8) is 0 Å². The first-order chi connectivity index (χ1) is 11.8. The lowest BCUT2D eigenvalue weighted by atomic mass is 9.78. The van der Waals surface area contributed by atoms with E-state index in [0.29, 0.717) is 11.8 Å². The molecule has 0 aromatic heterocycles. The third-order valence-corrected chi connectivity index (χ3v) is 5.00. The quantitative estimate of drug-likeness (QED) is 0.488. The van der Waals surface area contributed by atoms with Gasteiger partial charge in [-0.05, 0) is 30.4 Å². The van der Waals surface area contributed by atoms with Gasteiger partial charge in [0.2, 0.25) is 0 Å². The van der Waals surface area contributed by atoms with Gasteiger partial charge in [-0.3, -0.25) is 14.9 Å². The van der Waals surface area contributed by atoms with Crippen molar-refractivity contribution in [3.8, 4) is 0 Å². The number of halogens is 1. The Morgan fingerprint density at radius 2 is 2.08 bits per heavy atom. The van der Waals surface area contributed by atoms with E-state index in [2.05, 4.69) is 19.2 Å². The molecule has 0 saturated heterocycles. The third-order valence-electron chi connectivity index (χ3n) is 4.76. The Morgan fingerprint density at radius 3 is 2.76 bits per heavy atom. The Labute approximate surface area is 150 Å². The van der Waals surface area contributed by atoms with Gasteiger partial charge in [-0.1, -0.05) is 38.3 Å². The molecule has 2 rings (SSSR count). The Balaban J connectivity index is 1.95. The highest BCUT2D eigenvalue weighted by molar-refractivity contribution is 6.31. The highest BCUT2D eigenvalue weighted by Gasteiger charge is 2.28. The van der Waals surface area contributed by atoms with Crippen molar-refractivity contribution in [2.75, 3.05) is 6.61 Å². The number of nitro benzene ring substituents is 1. The molecule has 1 N–H and O–H groups in total. The van der Waals surface area contributed by atoms with Crippen LogP contribution in [0, 0.1) is 22.0 Å². The van der Waals surface area contributed by atoms with Crippen LogP contribution in [0.25, 0.3) is 0 Å². The number of nitrogens with one attached hydrogen (secondary N) is 1. The average Bonchev–Trinajstić information content (AvgIpc) is 2.56. The summed E-state index contributed by atoms with van der Waals surface area (Å²) in [6, 6.07) is 3.65. The van der Waals surface area contributed by atoms with Crippen LogP contribution >= 0.6 is 11.6 Å². The largest absolute Gasteiger partial charge is 0.452 e. The number of hydrogen-bond donors (Lipinski definition) is 1. The highest BCUT2D eigenvalue weighted by atomic mass is 35.5. The van der Waals surface area contributed by atoms with E-state index < -0.39 is 29.1 Å². The molecule has 0 heterocycles. The van der Waals surface area contributed by atoms with E-state index in [4.69, 9.17) is 16.3 Å². The highest BCUT2D eigenvalue weighted by Crippen LogP contribution is 2.29. The summed E-state index contributed by atoms with van der Waals surface area (Å²) < 4.78 is 4.93. The Bertz CT molecular complexity index is 679. The minimum atomic E-state index is -0.950. The number of benzene rings is 1. The maximum atomic E-state index is 12.1. The third kappa shape index (κ3) is 4.92. The van der Waals surface area contributed by atoms with Crippen LogP contribution in [-0.2, 0) is 9.53 Å². The van der Waals surface area contributed by atoms with Gasteiger partial charge < -0.3 is 10.1 Å². The SMILES string of the molecule is C[C@H]1[C@@H](NC(=O)COC(=O)c2cc(Cl)ccc2[N+](=O)[O-])CCC[C@@H]1C. The molecule has 0 radical (unpaired) electrons. The first-order valence-corrected chi connectivity index (χ1v) is 8.57. The number of amides is 1. The molecule has 1 aliphatic rings. The molecule has 0 unspecified atom stereocenters. The van der Waals surface area contributed by atoms with Crippen molar-refractivity contribution in [1.29, 1.82) is 0 Å². The fourth-order valence-electron chi connectivity index (χ4n) is 3.07. The van der Waals surface area contributed by atoms with Gasteiger partial charge in [0, 0.05) is 17.1 Å². The van der Waals surface area contributed by atoms with Crippen molar-refractivity contribution in [2.45, 2.75) is 39.2 Å². The van der Waals surface area contributed by atoms with Crippen molar-refractivity contribution in [2.24, 2.45) is 11.8 Å². The van der Waals surface area contributed by atoms with Gasteiger partial charge in [0.15, 0.2) is 6.61 Å². The summed E-state index contributed by atoms with van der Waals surface area (Å²) in [6.07, 6.45) is 3.08. The van der Waals surface area contributed by atoms with Gasteiger partial charge in [0.05, 0.1) is 4.92 Å². The first-order valence-electron chi connectivity index (χ1n) is 8.20. The van der Waals surface area contributed by atoms with E-state index in [0.717, 1.165) is 31.4 Å². The van der Waals surface area contributed by atoms with E-state index in [9.17, 15) is 19.7 Å². The van der Waals surface area contributed by atoms with Crippen LogP contribution in [0.15, 0.2) is 18.2 Å². The molecule has 1 aromatic rings. The number of esters is 1. The number of rotatable bonds is 5. The number of ether oxygens (including phenoxy) is 1. The Kier molecular flexibility index (Phi) is 6.36. The van der Waals surface area contributed by atoms with Crippen molar-refractivity contribution < 1.29 is 19.2 Å². The second kappa shape index (κ2) is 8.29. The van der Waals surface area contributed by atoms with Crippen LogP contribution in [-0.4, -0.2) is 29.4 Å². The van der Waals surface area contributed by atoms with Gasteiger partial charge >= 0.3 is 5.97 Å². The average molecular weight is 369 g/mol. The zero-order valence-electron chi connectivity index (χ0n) is 14.2. The molecular formula is C17H21ClN2O5. The molecule has 1 amide bonds. The lowest BCUT2D eigenvalue weighted by Gasteiger charge is -2.34. The molecule has 8 heteroatoms. The molecule has 0 bridgehead atoms. The maximum absolute atomic E-state index is 12.1. The van der Waals surface area contributed by atoms with E-state index >= 15 is 0 Å². The molecule has 25 heavy (non-hydrogen) atoms. The van der Waals surface area contributed by atoms with Crippen molar-refractivity contribution in [1.82, 2.24) is 5.32 Å². The van der Waals surface area contributed by atoms with Gasteiger partial charge in [-0.2, -0.15) is 0 Å². The lowest BCUT2D eigenvalue weighted by Crippen LogP contribution is -2.45. The summed E-state index contributed by atoms with van der Waals surface area (Å²) in [7, 11) is 0. The van der Waals surface area contributed by atoms with Crippen LogP contribution in [0.5, 0.6) is 0 Å². The predicted octanol–water partition coefficient (Wildman–Crippen LogP) is 3.35. The summed E-state index contributed by atoms with van der Waals surface area (Å²) in [5.74, 6) is -0.489. The predicted molar refractivity (Wildman–Crippen MR) is 92.5 cm³/mol. The minimum Gasteiger partial charge on any atom is -0.452 e. The summed E-state index contributed by atoms with van der Waals surface area (Å²) in [6.45, 7) is 3.76. The standard InChI is InChI=1S/C17H21ClN2O5/c1-10-4-3-5-14(11(10)2)19-16(21)9-25-17(22)13-8-12(18)6-7-15(13)20(23)24/h6-8,10-11,14H,3-5,9H2,1-2H3,(H,19,21)/t10-,11+,14-/m0/s1. The Morgan fingerprint density at radius 1 is 1.36 bits per heavy atom. The van der Waals surface area contributed by atoms with Gasteiger partial charge in [0.1, 0.15) is 5.56 Å². The monoisotopic (exact) mass is 368 g/mol. The van der Waals surface area contributed by atoms with E-state index in [-0.39, 0.29) is 16.6 Å². The molecule has 1 aliphatic carbocycles. The van der Waals surface area contributed by atoms with E-state index in [1.165, 1.54) is 6.07 Å². The molecule has 7 nitrogen and oxygen atoms in total. The van der Waals surface area contributed by atoms with Gasteiger partial charge in [-0.25, -0.2) is 4.79 Å². The van der Waals surface area contributed by atoms with Gasteiger partial charge in [0.25, 0.3) is 11.6 Å². The number of carbonyl (C=O) groups is 2. The minimum absolute atomic E-state index is 0.0513. The van der Waals surface area contributed by atoms with E-state index in [1.54, 1.807) is 0 Å². The lowest BCUT2D eigenvalue weighted by molar-refractivity contribution is -0.385. The van der Waals surface area contributed by atoms with Crippen LogP contribution < -0.4 is 5.32 Å². The number of nitrogens with zero attached hydrogens (tertiary/aromatic N) is 1. The molecule has 0 aliphatic heterocycles. The summed E-state index contributed by atoms with van der Waals surface area (Å²) in [4.78, 5) is 34.4. The number of nitro groups is 1. The normalized spacial score (nSPS) is 22.9. The maximum Gasteiger partial charge on any atom is 0.345 e. The molecule has 1 fully saturated rings. The van der Waals surface area contributed by atoms with Gasteiger partial charge in [-0.15, -0.1) is 0 Å². The fourth-order valence-corrected chi connectivity index (χ4v) is 3.25. The number of hydrogen-bond acceptors (Lipinski definition) is 5. The topological polar surface area (TPSA) is 98.5 Å². The second-order valence-electron chi connectivity index (χ2n) is 6.44. The summed E-state index contributed by atoms with van der Waals surface area (Å²) in [5, 5.41) is 14.0. The van der Waals surface area contributed by atoms with E-state index in [1.807, 2.05) is 0 Å². The molecule has 3 atom stereocenters. The fraction of sp³-hybridized carbons (Fsp3) is 0.529. The van der Waals surface area contributed by atoms with Crippen LogP contribution in [0.3, 0.4) is 0 Å². The first kappa shape index (κ1) is 19.2. The zero-order valence-corrected chi connectivity index (χ0v) is 14.9. The molecule has 0 spiro atoms. The second-order valence-corrected chi connectivity index (χ2v) is 6.87. The summed E-state index contributed by atoms with van der Waals surface area (Å²) >= 11 is 5.78. The zero-order chi connectivity index (χ0) is 18.6. The van der Waals surface area contributed by atoms with Crippen LogP contribution in [0.2, 0.25) is 5.02 Å². The Hall–Kier alpha value is -2.15. The smallest absolute Gasteiger partial charge is 0.345 e.